The monoisotopic (exact) mass is 358 g/mol. The molecule has 7 nitrogen and oxygen atoms in total. The van der Waals surface area contributed by atoms with Gasteiger partial charge in [0, 0.05) is 43.7 Å². The van der Waals surface area contributed by atoms with Gasteiger partial charge in [0.05, 0.1) is 23.1 Å². The van der Waals surface area contributed by atoms with Crippen molar-refractivity contribution in [2.75, 3.05) is 6.54 Å². The van der Waals surface area contributed by atoms with Crippen LogP contribution in [0.3, 0.4) is 0 Å². The molecular formula is C19H30N6O. The van der Waals surface area contributed by atoms with Crippen LogP contribution in [0.5, 0.6) is 0 Å². The summed E-state index contributed by atoms with van der Waals surface area (Å²) < 4.78 is 4.06. The zero-order valence-electron chi connectivity index (χ0n) is 16.3. The number of aryl methyl sites for hydroxylation is 4. The summed E-state index contributed by atoms with van der Waals surface area (Å²) in [6.45, 7) is 11.9. The summed E-state index contributed by atoms with van der Waals surface area (Å²) in [7, 11) is 0. The normalized spacial score (nSPS) is 15.4. The Morgan fingerprint density at radius 3 is 2.92 bits per heavy atom. The van der Waals surface area contributed by atoms with Gasteiger partial charge in [-0.3, -0.25) is 14.2 Å². The summed E-state index contributed by atoms with van der Waals surface area (Å²) in [5.41, 5.74) is 5.45. The molecule has 3 rings (SSSR count). The zero-order valence-corrected chi connectivity index (χ0v) is 16.3. The van der Waals surface area contributed by atoms with E-state index in [2.05, 4.69) is 45.4 Å². The van der Waals surface area contributed by atoms with E-state index in [1.807, 2.05) is 18.5 Å². The molecule has 1 aliphatic rings. The van der Waals surface area contributed by atoms with Gasteiger partial charge in [-0.05, 0) is 46.7 Å². The molecule has 3 heterocycles. The maximum Gasteiger partial charge on any atom is 0.220 e. The molecule has 0 bridgehead atoms. The predicted octanol–water partition coefficient (Wildman–Crippen LogP) is 2.02. The third-order valence-electron chi connectivity index (χ3n) is 5.10. The van der Waals surface area contributed by atoms with E-state index in [-0.39, 0.29) is 11.9 Å². The zero-order chi connectivity index (χ0) is 18.7. The maximum absolute atomic E-state index is 12.4. The van der Waals surface area contributed by atoms with Crippen molar-refractivity contribution in [1.82, 2.24) is 30.2 Å². The molecule has 7 heteroatoms. The minimum absolute atomic E-state index is 0.0364. The van der Waals surface area contributed by atoms with Gasteiger partial charge < -0.3 is 10.6 Å². The lowest BCUT2D eigenvalue weighted by Gasteiger charge is -2.15. The van der Waals surface area contributed by atoms with Crippen LogP contribution in [0.25, 0.3) is 0 Å². The Balaban J connectivity index is 1.57. The minimum atomic E-state index is -0.0364. The Kier molecular flexibility index (Phi) is 5.76. The van der Waals surface area contributed by atoms with Gasteiger partial charge in [-0.1, -0.05) is 0 Å². The largest absolute Gasteiger partial charge is 0.349 e. The number of amides is 1. The van der Waals surface area contributed by atoms with Crippen LogP contribution < -0.4 is 10.6 Å². The standard InChI is InChI=1S/C19H30N6O/c1-5-24-15(4)19(14(3)22-24)13(2)21-18(26)8-7-16-11-17-12-20-9-6-10-25(17)23-16/h11,13,20H,5-10,12H2,1-4H3,(H,21,26). The first-order valence-corrected chi connectivity index (χ1v) is 9.59. The molecular weight excluding hydrogens is 328 g/mol. The molecule has 2 aromatic rings. The van der Waals surface area contributed by atoms with Gasteiger partial charge in [-0.15, -0.1) is 0 Å². The van der Waals surface area contributed by atoms with Crippen LogP contribution >= 0.6 is 0 Å². The molecule has 26 heavy (non-hydrogen) atoms. The highest BCUT2D eigenvalue weighted by Crippen LogP contribution is 2.21. The number of hydrogen-bond donors (Lipinski definition) is 2. The van der Waals surface area contributed by atoms with Gasteiger partial charge in [-0.25, -0.2) is 0 Å². The van der Waals surface area contributed by atoms with Gasteiger partial charge in [0.1, 0.15) is 0 Å². The van der Waals surface area contributed by atoms with E-state index in [1.54, 1.807) is 0 Å². The third-order valence-corrected chi connectivity index (χ3v) is 5.10. The molecule has 1 unspecified atom stereocenters. The summed E-state index contributed by atoms with van der Waals surface area (Å²) in [4.78, 5) is 12.4. The SMILES string of the molecule is CCn1nc(C)c(C(C)NC(=O)CCc2cc3n(n2)CCCNC3)c1C. The number of fused-ring (bicyclic) bond motifs is 1. The van der Waals surface area contributed by atoms with Crippen LogP contribution in [-0.2, 0) is 30.8 Å². The van der Waals surface area contributed by atoms with Crippen LogP contribution in [-0.4, -0.2) is 32.0 Å². The average molecular weight is 358 g/mol. The van der Waals surface area contributed by atoms with E-state index in [1.165, 1.54) is 5.69 Å². The van der Waals surface area contributed by atoms with Crippen molar-refractivity contribution in [1.29, 1.82) is 0 Å². The first kappa shape index (κ1) is 18.6. The smallest absolute Gasteiger partial charge is 0.220 e. The summed E-state index contributed by atoms with van der Waals surface area (Å²) in [6.07, 6.45) is 2.22. The molecule has 0 saturated carbocycles. The van der Waals surface area contributed by atoms with Crippen molar-refractivity contribution in [3.05, 3.63) is 34.4 Å². The van der Waals surface area contributed by atoms with Crippen molar-refractivity contribution < 1.29 is 4.79 Å². The van der Waals surface area contributed by atoms with Gasteiger partial charge in [-0.2, -0.15) is 10.2 Å². The second kappa shape index (κ2) is 8.03. The van der Waals surface area contributed by atoms with E-state index >= 15 is 0 Å². The highest BCUT2D eigenvalue weighted by molar-refractivity contribution is 5.76. The molecule has 0 radical (unpaired) electrons. The molecule has 0 fully saturated rings. The molecule has 1 aliphatic heterocycles. The van der Waals surface area contributed by atoms with Gasteiger partial charge in [0.15, 0.2) is 0 Å². The van der Waals surface area contributed by atoms with Crippen molar-refractivity contribution in [3.63, 3.8) is 0 Å². The number of carbonyl (C=O) groups excluding carboxylic acids is 1. The van der Waals surface area contributed by atoms with E-state index < -0.39 is 0 Å². The average Bonchev–Trinajstić information content (AvgIpc) is 3.04. The molecule has 1 atom stereocenters. The Labute approximate surface area is 155 Å². The number of rotatable bonds is 6. The summed E-state index contributed by atoms with van der Waals surface area (Å²) in [6, 6.07) is 2.08. The molecule has 142 valence electrons. The molecule has 2 aromatic heterocycles. The number of aromatic nitrogens is 4. The second-order valence-corrected chi connectivity index (χ2v) is 7.07. The van der Waals surface area contributed by atoms with Crippen LogP contribution in [0.4, 0.5) is 0 Å². The van der Waals surface area contributed by atoms with Crippen LogP contribution in [0.15, 0.2) is 6.07 Å². The highest BCUT2D eigenvalue weighted by Gasteiger charge is 2.19. The Bertz CT molecular complexity index is 752. The predicted molar refractivity (Wildman–Crippen MR) is 101 cm³/mol. The lowest BCUT2D eigenvalue weighted by atomic mass is 10.1. The summed E-state index contributed by atoms with van der Waals surface area (Å²) in [5.74, 6) is 0.0573. The first-order valence-electron chi connectivity index (χ1n) is 9.59. The van der Waals surface area contributed by atoms with Crippen LogP contribution in [0.1, 0.15) is 61.1 Å². The topological polar surface area (TPSA) is 76.8 Å². The fourth-order valence-corrected chi connectivity index (χ4v) is 3.82. The van der Waals surface area contributed by atoms with E-state index in [9.17, 15) is 4.79 Å². The van der Waals surface area contributed by atoms with Crippen molar-refractivity contribution in [3.8, 4) is 0 Å². The fraction of sp³-hybridized carbons (Fsp3) is 0.632. The Morgan fingerprint density at radius 1 is 1.38 bits per heavy atom. The number of nitrogens with one attached hydrogen (secondary N) is 2. The molecule has 2 N–H and O–H groups in total. The van der Waals surface area contributed by atoms with E-state index in [0.29, 0.717) is 12.8 Å². The van der Waals surface area contributed by atoms with Crippen LogP contribution in [0, 0.1) is 13.8 Å². The first-order chi connectivity index (χ1) is 12.5. The lowest BCUT2D eigenvalue weighted by molar-refractivity contribution is -0.121. The summed E-state index contributed by atoms with van der Waals surface area (Å²) in [5, 5.41) is 15.7. The molecule has 1 amide bonds. The molecule has 0 saturated heterocycles. The van der Waals surface area contributed by atoms with E-state index in [0.717, 1.165) is 55.2 Å². The number of carbonyl (C=O) groups is 1. The molecule has 0 spiro atoms. The van der Waals surface area contributed by atoms with Gasteiger partial charge in [0.25, 0.3) is 0 Å². The molecule has 0 aliphatic carbocycles. The Morgan fingerprint density at radius 2 is 2.19 bits per heavy atom. The quantitative estimate of drug-likeness (QED) is 0.828. The van der Waals surface area contributed by atoms with E-state index in [4.69, 9.17) is 0 Å². The lowest BCUT2D eigenvalue weighted by Crippen LogP contribution is -2.27. The van der Waals surface area contributed by atoms with Crippen molar-refractivity contribution >= 4 is 5.91 Å². The van der Waals surface area contributed by atoms with Gasteiger partial charge in [0.2, 0.25) is 5.91 Å². The summed E-state index contributed by atoms with van der Waals surface area (Å²) >= 11 is 0. The van der Waals surface area contributed by atoms with Crippen molar-refractivity contribution in [2.24, 2.45) is 0 Å². The number of nitrogens with zero attached hydrogens (tertiary/aromatic N) is 4. The third kappa shape index (κ3) is 3.98. The fourth-order valence-electron chi connectivity index (χ4n) is 3.82. The van der Waals surface area contributed by atoms with Crippen LogP contribution in [0.2, 0.25) is 0 Å². The highest BCUT2D eigenvalue weighted by atomic mass is 16.1. The maximum atomic E-state index is 12.4. The minimum Gasteiger partial charge on any atom is -0.349 e. The number of hydrogen-bond acceptors (Lipinski definition) is 4. The second-order valence-electron chi connectivity index (χ2n) is 7.07. The molecule has 0 aromatic carbocycles. The van der Waals surface area contributed by atoms with Gasteiger partial charge >= 0.3 is 0 Å². The Hall–Kier alpha value is -2.15. The van der Waals surface area contributed by atoms with Crippen molar-refractivity contribution in [2.45, 2.75) is 72.6 Å².